The van der Waals surface area contributed by atoms with E-state index in [2.05, 4.69) is 4.99 Å². The first kappa shape index (κ1) is 19.5. The van der Waals surface area contributed by atoms with Gasteiger partial charge in [0, 0.05) is 13.5 Å². The van der Waals surface area contributed by atoms with Gasteiger partial charge in [0.1, 0.15) is 0 Å². The molecule has 0 aliphatic rings. The van der Waals surface area contributed by atoms with Crippen LogP contribution in [0.1, 0.15) is 23.1 Å². The number of hydrogen-bond donors (Lipinski definition) is 0. The van der Waals surface area contributed by atoms with Crippen LogP contribution in [0.25, 0.3) is 10.2 Å². The Balaban J connectivity index is 1.83. The molecule has 0 bridgehead atoms. The minimum Gasteiger partial charge on any atom is -0.319 e. The average Bonchev–Trinajstić information content (AvgIpc) is 2.93. The number of nitrogens with zero attached hydrogens (tertiary/aromatic N) is 2. The van der Waals surface area contributed by atoms with Crippen LogP contribution in [0, 0.1) is 20.8 Å². The highest BCUT2D eigenvalue weighted by molar-refractivity contribution is 7.91. The summed E-state index contributed by atoms with van der Waals surface area (Å²) in [5, 5.41) is 0. The Hall–Kier alpha value is -2.25. The molecular weight excluding hydrogens is 380 g/mol. The molecule has 0 atom stereocenters. The van der Waals surface area contributed by atoms with Gasteiger partial charge in [0.2, 0.25) is 5.91 Å². The Morgan fingerprint density at radius 2 is 1.74 bits per heavy atom. The van der Waals surface area contributed by atoms with Crippen molar-refractivity contribution < 1.29 is 13.2 Å². The average molecular weight is 403 g/mol. The molecule has 2 aromatic carbocycles. The van der Waals surface area contributed by atoms with Gasteiger partial charge in [-0.15, -0.1) is 0 Å². The number of carbonyl (C=O) groups is 1. The first-order valence-corrected chi connectivity index (χ1v) is 11.1. The minimum absolute atomic E-state index is 0.136. The first-order valence-electron chi connectivity index (χ1n) is 8.62. The lowest BCUT2D eigenvalue weighted by Crippen LogP contribution is -2.16. The summed E-state index contributed by atoms with van der Waals surface area (Å²) in [5.74, 6) is -0.673. The van der Waals surface area contributed by atoms with Gasteiger partial charge in [-0.1, -0.05) is 35.1 Å². The number of aryl methyl sites for hydroxylation is 4. The van der Waals surface area contributed by atoms with Gasteiger partial charge in [-0.3, -0.25) is 4.79 Å². The van der Waals surface area contributed by atoms with Crippen LogP contribution in [0.15, 0.2) is 46.3 Å². The number of aromatic nitrogens is 1. The van der Waals surface area contributed by atoms with Crippen molar-refractivity contribution in [2.24, 2.45) is 12.0 Å². The number of benzene rings is 2. The predicted molar refractivity (Wildman–Crippen MR) is 109 cm³/mol. The van der Waals surface area contributed by atoms with E-state index in [1.165, 1.54) is 16.9 Å². The zero-order valence-corrected chi connectivity index (χ0v) is 17.4. The van der Waals surface area contributed by atoms with E-state index in [0.717, 1.165) is 21.3 Å². The molecule has 1 amide bonds. The van der Waals surface area contributed by atoms with Crippen molar-refractivity contribution in [3.8, 4) is 0 Å². The Kier molecular flexibility index (Phi) is 5.35. The van der Waals surface area contributed by atoms with Gasteiger partial charge in [0.15, 0.2) is 14.6 Å². The lowest BCUT2D eigenvalue weighted by atomic mass is 10.1. The molecule has 0 aliphatic carbocycles. The molecule has 27 heavy (non-hydrogen) atoms. The minimum atomic E-state index is -3.50. The number of carbonyl (C=O) groups excluding carboxylic acids is 1. The summed E-state index contributed by atoms with van der Waals surface area (Å²) in [6.07, 6.45) is -0.136. The Bertz CT molecular complexity index is 1180. The fraction of sp³-hybridized carbons (Fsp3) is 0.300. The van der Waals surface area contributed by atoms with Crippen LogP contribution in [0.4, 0.5) is 0 Å². The molecule has 1 aromatic heterocycles. The van der Waals surface area contributed by atoms with E-state index < -0.39 is 15.7 Å². The highest BCUT2D eigenvalue weighted by Gasteiger charge is 2.16. The van der Waals surface area contributed by atoms with Crippen molar-refractivity contribution in [3.05, 3.63) is 57.9 Å². The molecule has 0 spiro atoms. The number of rotatable bonds is 4. The lowest BCUT2D eigenvalue weighted by Gasteiger charge is -2.04. The number of hydrogen-bond acceptors (Lipinski definition) is 4. The van der Waals surface area contributed by atoms with Crippen LogP contribution in [0.3, 0.4) is 0 Å². The van der Waals surface area contributed by atoms with Crippen LogP contribution in [-0.4, -0.2) is 24.6 Å². The molecule has 142 valence electrons. The van der Waals surface area contributed by atoms with Crippen LogP contribution in [0.5, 0.6) is 0 Å². The maximum Gasteiger partial charge on any atom is 0.249 e. The molecule has 0 N–H and O–H groups in total. The third-order valence-electron chi connectivity index (χ3n) is 4.67. The van der Waals surface area contributed by atoms with Gasteiger partial charge in [-0.05, 0) is 50.1 Å². The van der Waals surface area contributed by atoms with E-state index in [-0.39, 0.29) is 17.1 Å². The van der Waals surface area contributed by atoms with E-state index in [1.807, 2.05) is 44.5 Å². The summed E-state index contributed by atoms with van der Waals surface area (Å²) < 4.78 is 27.7. The molecular formula is C20H22N2O3S2. The zero-order chi connectivity index (χ0) is 19.8. The van der Waals surface area contributed by atoms with Crippen molar-refractivity contribution in [3.63, 3.8) is 0 Å². The molecule has 0 unspecified atom stereocenters. The SMILES string of the molecule is Cc1ccc(S(=O)(=O)CCC(=O)N=c2sc3ccc(C)c(C)c3n2C)cc1. The van der Waals surface area contributed by atoms with Crippen molar-refractivity contribution in [2.45, 2.75) is 32.1 Å². The van der Waals surface area contributed by atoms with E-state index in [4.69, 9.17) is 0 Å². The molecule has 3 aromatic rings. The standard InChI is InChI=1S/C20H22N2O3S2/c1-13-5-8-16(9-6-13)27(24,25)12-11-18(23)21-20-22(4)19-15(3)14(2)7-10-17(19)26-20/h5-10H,11-12H2,1-4H3. The number of sulfone groups is 1. The fourth-order valence-electron chi connectivity index (χ4n) is 2.88. The summed E-state index contributed by atoms with van der Waals surface area (Å²) in [5.41, 5.74) is 4.38. The van der Waals surface area contributed by atoms with Gasteiger partial charge in [0.05, 0.1) is 20.9 Å². The molecule has 0 saturated heterocycles. The van der Waals surface area contributed by atoms with E-state index in [1.54, 1.807) is 24.3 Å². The van der Waals surface area contributed by atoms with E-state index in [0.29, 0.717) is 4.80 Å². The molecule has 0 fully saturated rings. The molecule has 0 aliphatic heterocycles. The smallest absolute Gasteiger partial charge is 0.249 e. The van der Waals surface area contributed by atoms with Crippen LogP contribution in [-0.2, 0) is 21.7 Å². The van der Waals surface area contributed by atoms with Gasteiger partial charge < -0.3 is 4.57 Å². The molecule has 0 saturated carbocycles. The van der Waals surface area contributed by atoms with E-state index >= 15 is 0 Å². The van der Waals surface area contributed by atoms with Crippen molar-refractivity contribution in [1.82, 2.24) is 4.57 Å². The molecule has 7 heteroatoms. The van der Waals surface area contributed by atoms with Crippen LogP contribution >= 0.6 is 11.3 Å². The topological polar surface area (TPSA) is 68.5 Å². The molecule has 5 nitrogen and oxygen atoms in total. The number of amides is 1. The monoisotopic (exact) mass is 402 g/mol. The maximum absolute atomic E-state index is 12.4. The summed E-state index contributed by atoms with van der Waals surface area (Å²) in [6.45, 7) is 5.99. The quantitative estimate of drug-likeness (QED) is 0.671. The largest absolute Gasteiger partial charge is 0.319 e. The highest BCUT2D eigenvalue weighted by atomic mass is 32.2. The van der Waals surface area contributed by atoms with Crippen LogP contribution in [0.2, 0.25) is 0 Å². The van der Waals surface area contributed by atoms with Gasteiger partial charge in [-0.2, -0.15) is 4.99 Å². The van der Waals surface area contributed by atoms with Gasteiger partial charge >= 0.3 is 0 Å². The molecule has 1 heterocycles. The van der Waals surface area contributed by atoms with Gasteiger partial charge in [0.25, 0.3) is 0 Å². The lowest BCUT2D eigenvalue weighted by molar-refractivity contribution is -0.117. The Labute approximate surface area is 162 Å². The van der Waals surface area contributed by atoms with Crippen LogP contribution < -0.4 is 4.80 Å². The Morgan fingerprint density at radius 3 is 2.41 bits per heavy atom. The fourth-order valence-corrected chi connectivity index (χ4v) is 5.21. The number of fused-ring (bicyclic) bond motifs is 1. The second kappa shape index (κ2) is 7.40. The first-order chi connectivity index (χ1) is 12.7. The summed E-state index contributed by atoms with van der Waals surface area (Å²) >= 11 is 1.43. The highest BCUT2D eigenvalue weighted by Crippen LogP contribution is 2.23. The number of thiazole rings is 1. The van der Waals surface area contributed by atoms with E-state index in [9.17, 15) is 13.2 Å². The normalized spacial score (nSPS) is 12.7. The zero-order valence-electron chi connectivity index (χ0n) is 15.8. The summed E-state index contributed by atoms with van der Waals surface area (Å²) in [6, 6.07) is 10.7. The maximum atomic E-state index is 12.4. The van der Waals surface area contributed by atoms with Crippen molar-refractivity contribution in [1.29, 1.82) is 0 Å². The molecule has 0 radical (unpaired) electrons. The summed E-state index contributed by atoms with van der Waals surface area (Å²) in [7, 11) is -1.62. The predicted octanol–water partition coefficient (Wildman–Crippen LogP) is 3.46. The third-order valence-corrected chi connectivity index (χ3v) is 7.50. The van der Waals surface area contributed by atoms with Gasteiger partial charge in [-0.25, -0.2) is 8.42 Å². The second-order valence-electron chi connectivity index (χ2n) is 6.69. The van der Waals surface area contributed by atoms with Crippen molar-refractivity contribution in [2.75, 3.05) is 5.75 Å². The third kappa shape index (κ3) is 4.04. The molecule has 3 rings (SSSR count). The van der Waals surface area contributed by atoms with Crippen molar-refractivity contribution >= 4 is 37.3 Å². The second-order valence-corrected chi connectivity index (χ2v) is 9.80. The summed E-state index contributed by atoms with van der Waals surface area (Å²) in [4.78, 5) is 17.3. The Morgan fingerprint density at radius 1 is 1.07 bits per heavy atom.